The Bertz CT molecular complexity index is 928. The summed E-state index contributed by atoms with van der Waals surface area (Å²) in [5.41, 5.74) is 4.92. The first-order valence-electron chi connectivity index (χ1n) is 11.8. The van der Waals surface area contributed by atoms with Gasteiger partial charge in [-0.1, -0.05) is 24.3 Å². The van der Waals surface area contributed by atoms with Crippen molar-refractivity contribution in [2.75, 3.05) is 41.3 Å². The summed E-state index contributed by atoms with van der Waals surface area (Å²) < 4.78 is 0. The van der Waals surface area contributed by atoms with Crippen molar-refractivity contribution in [3.8, 4) is 0 Å². The molecular formula is C24H40Cl4N10. The molecule has 0 bridgehead atoms. The van der Waals surface area contributed by atoms with E-state index in [0.29, 0.717) is 13.1 Å². The van der Waals surface area contributed by atoms with Gasteiger partial charge in [-0.2, -0.15) is 0 Å². The Morgan fingerprint density at radius 2 is 1.16 bits per heavy atom. The Kier molecular flexibility index (Phi) is 21.0. The van der Waals surface area contributed by atoms with Crippen LogP contribution in [-0.4, -0.2) is 75.7 Å². The maximum atomic E-state index is 4.86. The summed E-state index contributed by atoms with van der Waals surface area (Å²) in [6.45, 7) is 3.20. The first-order chi connectivity index (χ1) is 16.5. The molecule has 2 aliphatic heterocycles. The molecule has 0 aliphatic carbocycles. The largest absolute Gasteiger partial charge is 1.00 e. The van der Waals surface area contributed by atoms with Crippen LogP contribution in [0.1, 0.15) is 24.0 Å². The topological polar surface area (TPSA) is 122 Å². The molecule has 38 heavy (non-hydrogen) atoms. The highest BCUT2D eigenvalue weighted by Crippen LogP contribution is 2.08. The molecule has 1 aromatic rings. The second-order valence-corrected chi connectivity index (χ2v) is 8.78. The average molecular weight is 610 g/mol. The number of rotatable bonds is 10. The van der Waals surface area contributed by atoms with E-state index >= 15 is 0 Å². The van der Waals surface area contributed by atoms with Gasteiger partial charge in [0.15, 0.2) is 12.7 Å². The molecular weight excluding hydrogens is 570 g/mol. The van der Waals surface area contributed by atoms with Crippen LogP contribution in [0.4, 0.5) is 0 Å². The molecule has 10 nitrogen and oxygen atoms in total. The molecule has 1 aromatic carbocycles. The van der Waals surface area contributed by atoms with Crippen molar-refractivity contribution in [1.29, 1.82) is 0 Å². The molecule has 14 heteroatoms. The normalized spacial score (nSPS) is 14.0. The van der Waals surface area contributed by atoms with E-state index in [1.165, 1.54) is 22.5 Å². The number of benzene rings is 1. The molecule has 0 atom stereocenters. The van der Waals surface area contributed by atoms with Crippen molar-refractivity contribution in [3.63, 3.8) is 0 Å². The number of aliphatic imine (C=N–C) groups is 4. The van der Waals surface area contributed by atoms with Crippen LogP contribution in [0.15, 0.2) is 68.0 Å². The maximum Gasteiger partial charge on any atom is 0.296 e. The number of hydrogen-bond acceptors (Lipinski definition) is 4. The maximum absolute atomic E-state index is 4.86. The van der Waals surface area contributed by atoms with Gasteiger partial charge in [0, 0.05) is 28.2 Å². The molecule has 2 heterocycles. The van der Waals surface area contributed by atoms with E-state index in [2.05, 4.69) is 65.3 Å². The number of nitrogens with two attached hydrogens (primary N) is 4. The number of guanidine groups is 2. The zero-order valence-electron chi connectivity index (χ0n) is 22.4. The van der Waals surface area contributed by atoms with Crippen LogP contribution in [0, 0.1) is 0 Å². The van der Waals surface area contributed by atoms with Crippen molar-refractivity contribution in [1.82, 2.24) is 9.80 Å². The van der Waals surface area contributed by atoms with Crippen LogP contribution in [0.25, 0.3) is 0 Å². The van der Waals surface area contributed by atoms with Gasteiger partial charge < -0.3 is 59.4 Å². The van der Waals surface area contributed by atoms with E-state index < -0.39 is 0 Å². The first-order valence-corrected chi connectivity index (χ1v) is 11.8. The summed E-state index contributed by atoms with van der Waals surface area (Å²) in [4.78, 5) is 22.1. The Morgan fingerprint density at radius 3 is 1.50 bits per heavy atom. The summed E-state index contributed by atoms with van der Waals surface area (Å²) in [6.07, 6.45) is 9.50. The van der Waals surface area contributed by atoms with E-state index in [0.717, 1.165) is 37.9 Å². The van der Waals surface area contributed by atoms with Gasteiger partial charge in [0.05, 0.1) is 51.4 Å². The fourth-order valence-electron chi connectivity index (χ4n) is 3.62. The van der Waals surface area contributed by atoms with Gasteiger partial charge in [0.25, 0.3) is 11.9 Å². The third-order valence-electron chi connectivity index (χ3n) is 5.50. The SMILES string of the molecule is CN(C)C(=NCc1cccc(CN=C([NH2+]CCC2=CN=C[NH2+]2)N(C)C)c1)[NH2+]CCC1=CN=C[NH2+]1.[Cl-].[Cl-].[Cl-].[Cl-]. The first kappa shape index (κ1) is 38.1. The fourth-order valence-corrected chi connectivity index (χ4v) is 3.62. The van der Waals surface area contributed by atoms with Crippen molar-refractivity contribution in [2.45, 2.75) is 25.9 Å². The number of nitrogens with zero attached hydrogens (tertiary/aromatic N) is 6. The van der Waals surface area contributed by atoms with Gasteiger partial charge in [-0.15, -0.1) is 0 Å². The summed E-state index contributed by atoms with van der Waals surface area (Å²) in [5.74, 6) is 2.01. The van der Waals surface area contributed by atoms with Crippen molar-refractivity contribution < 1.29 is 70.9 Å². The molecule has 0 saturated carbocycles. The lowest BCUT2D eigenvalue weighted by atomic mass is 10.1. The molecule has 214 valence electrons. The van der Waals surface area contributed by atoms with Crippen molar-refractivity contribution in [2.24, 2.45) is 20.0 Å². The zero-order chi connectivity index (χ0) is 24.2. The van der Waals surface area contributed by atoms with E-state index in [4.69, 9.17) is 9.98 Å². The zero-order valence-corrected chi connectivity index (χ0v) is 25.4. The molecule has 0 radical (unpaired) electrons. The lowest BCUT2D eigenvalue weighted by molar-refractivity contribution is -0.556. The molecule has 8 N–H and O–H groups in total. The highest BCUT2D eigenvalue weighted by Gasteiger charge is 2.12. The van der Waals surface area contributed by atoms with Gasteiger partial charge in [0.2, 0.25) is 0 Å². The molecule has 3 rings (SSSR count). The van der Waals surface area contributed by atoms with E-state index in [9.17, 15) is 0 Å². The predicted molar refractivity (Wildman–Crippen MR) is 136 cm³/mol. The van der Waals surface area contributed by atoms with Crippen LogP contribution in [-0.2, 0) is 13.1 Å². The highest BCUT2D eigenvalue weighted by atomic mass is 35.5. The minimum absolute atomic E-state index is 0. The number of halogens is 4. The van der Waals surface area contributed by atoms with Crippen LogP contribution >= 0.6 is 0 Å². The van der Waals surface area contributed by atoms with Crippen LogP contribution in [0.2, 0.25) is 0 Å². The fraction of sp³-hybridized carbons (Fsp3) is 0.417. The van der Waals surface area contributed by atoms with E-state index in [1.807, 2.05) is 53.3 Å². The molecule has 0 unspecified atom stereocenters. The summed E-state index contributed by atoms with van der Waals surface area (Å²) in [6, 6.07) is 8.57. The van der Waals surface area contributed by atoms with Crippen LogP contribution < -0.4 is 70.9 Å². The van der Waals surface area contributed by atoms with Gasteiger partial charge in [-0.05, 0) is 11.1 Å². The monoisotopic (exact) mass is 608 g/mol. The van der Waals surface area contributed by atoms with Crippen molar-refractivity contribution >= 4 is 24.6 Å². The third kappa shape index (κ3) is 13.7. The van der Waals surface area contributed by atoms with Gasteiger partial charge in [-0.25, -0.2) is 20.0 Å². The van der Waals surface area contributed by atoms with Gasteiger partial charge in [0.1, 0.15) is 11.4 Å². The minimum atomic E-state index is 0. The Balaban J connectivity index is 0. The number of quaternary nitrogens is 4. The molecule has 2 aliphatic rings. The molecule has 0 amide bonds. The quantitative estimate of drug-likeness (QED) is 0.156. The Morgan fingerprint density at radius 1 is 0.737 bits per heavy atom. The molecule has 0 spiro atoms. The average Bonchev–Trinajstić information content (AvgIpc) is 3.52. The van der Waals surface area contributed by atoms with E-state index in [-0.39, 0.29) is 49.6 Å². The molecule has 0 aromatic heterocycles. The number of hydrogen-bond donors (Lipinski definition) is 4. The molecule has 0 fully saturated rings. The summed E-state index contributed by atoms with van der Waals surface area (Å²) in [5, 5.41) is 8.53. The Hall–Kier alpha value is -2.02. The third-order valence-corrected chi connectivity index (χ3v) is 5.50. The van der Waals surface area contributed by atoms with Crippen LogP contribution in [0.5, 0.6) is 0 Å². The van der Waals surface area contributed by atoms with Crippen molar-refractivity contribution in [3.05, 3.63) is 59.2 Å². The highest BCUT2D eigenvalue weighted by molar-refractivity contribution is 5.69. The summed E-state index contributed by atoms with van der Waals surface area (Å²) >= 11 is 0. The standard InChI is InChI=1S/C24H36N10.4ClH/c1-33(2)23(27-10-8-21-15-25-17-31-21)29-13-19-6-5-7-20(12-19)14-30-24(34(3)4)28-11-9-22-16-26-18-32-22;;;;/h5-7,12,15-18H,8-11,13-14H2,1-4H3,(H,25,31)(H,26,32)(H,27,29)(H,28,30);4*1H. The smallest absolute Gasteiger partial charge is 0.296 e. The van der Waals surface area contributed by atoms with Gasteiger partial charge in [-0.3, -0.25) is 21.3 Å². The second-order valence-electron chi connectivity index (χ2n) is 8.78. The van der Waals surface area contributed by atoms with Gasteiger partial charge >= 0.3 is 0 Å². The Labute approximate surface area is 251 Å². The lowest BCUT2D eigenvalue weighted by Gasteiger charge is -2.13. The predicted octanol–water partition coefficient (Wildman–Crippen LogP) is -14.7. The van der Waals surface area contributed by atoms with E-state index in [1.54, 1.807) is 0 Å². The van der Waals surface area contributed by atoms with Crippen LogP contribution in [0.3, 0.4) is 0 Å². The summed E-state index contributed by atoms with van der Waals surface area (Å²) in [7, 11) is 8.16. The molecule has 0 saturated heterocycles. The second kappa shape index (κ2) is 20.9. The minimum Gasteiger partial charge on any atom is -1.00 e. The lowest BCUT2D eigenvalue weighted by Crippen LogP contribution is -3.00.